The van der Waals surface area contributed by atoms with Gasteiger partial charge in [-0.1, -0.05) is 84.0 Å². The second-order valence-corrected chi connectivity index (χ2v) is 18.3. The highest BCUT2D eigenvalue weighted by molar-refractivity contribution is 7.26. The van der Waals surface area contributed by atoms with Crippen LogP contribution in [0.1, 0.15) is 69.2 Å². The minimum atomic E-state index is -2.70. The molecule has 7 aromatic carbocycles. The normalized spacial score (nSPS) is 15.4. The molecular formula is C51H41BF4N2OS. The van der Waals surface area contributed by atoms with Crippen LogP contribution in [0.25, 0.3) is 20.2 Å². The van der Waals surface area contributed by atoms with Crippen molar-refractivity contribution in [2.75, 3.05) is 9.80 Å². The smallest absolute Gasteiger partial charge is 0.256 e. The van der Waals surface area contributed by atoms with Crippen molar-refractivity contribution in [3.8, 4) is 11.5 Å². The molecule has 10 rings (SSSR count). The van der Waals surface area contributed by atoms with Crippen molar-refractivity contribution >= 4 is 88.7 Å². The minimum absolute atomic E-state index is 0.0195. The van der Waals surface area contributed by atoms with Gasteiger partial charge in [-0.25, -0.2) is 17.6 Å². The Bertz CT molecular complexity index is 3390. The second-order valence-electron chi connectivity index (χ2n) is 17.3. The lowest BCUT2D eigenvalue weighted by Crippen LogP contribution is -2.59. The molecule has 1 aromatic heterocycles. The summed E-state index contributed by atoms with van der Waals surface area (Å²) in [5.41, 5.74) is 0.901. The number of hydrogen-bond acceptors (Lipinski definition) is 4. The Morgan fingerprint density at radius 3 is 1.90 bits per heavy atom. The first-order valence-electron chi connectivity index (χ1n) is 23.5. The molecule has 0 spiro atoms. The molecule has 298 valence electrons. The Balaban J connectivity index is 1.33. The SMILES string of the molecule is [2H]c1c(C(C)(C)C)c([2H])c2sc3c([2H])c4c(c([2H])c3c2c1[2H])Oc1cc(C([2H])([2H])[2H])cc2c1B4c1ccc(N(c3c(F)cccc3F)c3c(F)cccc3F)cc1N2c1ccc(C(C)(C)C)cc1. The largest absolute Gasteiger partial charge is 0.458 e. The van der Waals surface area contributed by atoms with Gasteiger partial charge in [0.25, 0.3) is 6.71 Å². The highest BCUT2D eigenvalue weighted by Crippen LogP contribution is 2.47. The molecule has 0 atom stereocenters. The molecule has 0 unspecified atom stereocenters. The van der Waals surface area contributed by atoms with Gasteiger partial charge in [0, 0.05) is 47.0 Å². The van der Waals surface area contributed by atoms with Gasteiger partial charge in [0.2, 0.25) is 0 Å². The number of hydrogen-bond donors (Lipinski definition) is 0. The fraction of sp³-hybridized carbons (Fsp3) is 0.176. The van der Waals surface area contributed by atoms with Crippen LogP contribution in [0.3, 0.4) is 0 Å². The molecular weight excluding hydrogens is 775 g/mol. The van der Waals surface area contributed by atoms with E-state index in [1.165, 1.54) is 24.3 Å². The average Bonchev–Trinajstić information content (AvgIpc) is 3.67. The summed E-state index contributed by atoms with van der Waals surface area (Å²) < 4.78 is 144. The summed E-state index contributed by atoms with van der Waals surface area (Å²) in [6.45, 7) is 8.04. The lowest BCUT2D eigenvalue weighted by atomic mass is 9.34. The summed E-state index contributed by atoms with van der Waals surface area (Å²) in [5, 5.41) is 0.318. The maximum absolute atomic E-state index is 16.0. The number of halogens is 4. The van der Waals surface area contributed by atoms with E-state index < -0.39 is 53.6 Å². The van der Waals surface area contributed by atoms with E-state index in [1.54, 1.807) is 11.0 Å². The number of rotatable bonds is 4. The highest BCUT2D eigenvalue weighted by atomic mass is 32.1. The maximum Gasteiger partial charge on any atom is 0.256 e. The molecule has 60 heavy (non-hydrogen) atoms. The zero-order chi connectivity index (χ0) is 48.8. The molecule has 0 N–H and O–H groups in total. The Morgan fingerprint density at radius 1 is 0.650 bits per heavy atom. The fourth-order valence-electron chi connectivity index (χ4n) is 8.27. The van der Waals surface area contributed by atoms with Crippen LogP contribution in [0.15, 0.2) is 121 Å². The van der Waals surface area contributed by atoms with Crippen LogP contribution in [-0.4, -0.2) is 6.71 Å². The third-order valence-corrected chi connectivity index (χ3v) is 12.2. The average molecular weight is 825 g/mol. The van der Waals surface area contributed by atoms with Crippen molar-refractivity contribution in [3.05, 3.63) is 161 Å². The molecule has 0 amide bonds. The Morgan fingerprint density at radius 2 is 1.28 bits per heavy atom. The van der Waals surface area contributed by atoms with Gasteiger partial charge < -0.3 is 9.64 Å². The molecule has 0 saturated heterocycles. The highest BCUT2D eigenvalue weighted by Gasteiger charge is 2.43. The standard InChI is InChI=1S/C51H41BF4N2OS/c1-28-22-42-47-44(23-28)59-43-26-34-33-20-16-30(51(5,6)7)24-45(33)60-46(34)27-36(43)52(47)35-21-19-32(25-41(35)57(42)31-17-14-29(15-18-31)50(2,3)4)58(48-37(53)10-8-11-38(48)54)49-39(55)12-9-13-40(49)56/h8-27H,1-7H3/i1D3,16D,20D,24D,26D,27D. The first-order chi connectivity index (χ1) is 31.9. The number of aryl methyl sites for hydroxylation is 1. The quantitative estimate of drug-likeness (QED) is 0.130. The van der Waals surface area contributed by atoms with Crippen LogP contribution in [0.5, 0.6) is 11.5 Å². The number of fused-ring (bicyclic) bond motifs is 7. The molecule has 0 saturated carbocycles. The van der Waals surface area contributed by atoms with Gasteiger partial charge in [-0.3, -0.25) is 4.90 Å². The molecule has 3 nitrogen and oxygen atoms in total. The van der Waals surface area contributed by atoms with Gasteiger partial charge in [-0.2, -0.15) is 0 Å². The number of para-hydroxylation sites is 2. The first kappa shape index (κ1) is 30.0. The van der Waals surface area contributed by atoms with Crippen LogP contribution in [-0.2, 0) is 10.8 Å². The lowest BCUT2D eigenvalue weighted by Gasteiger charge is -2.41. The summed E-state index contributed by atoms with van der Waals surface area (Å²) in [6.07, 6.45) is 0. The minimum Gasteiger partial charge on any atom is -0.458 e. The molecule has 2 aliphatic rings. The lowest BCUT2D eigenvalue weighted by molar-refractivity contribution is 0.488. The molecule has 0 aliphatic carbocycles. The number of benzene rings is 7. The molecule has 0 fully saturated rings. The van der Waals surface area contributed by atoms with E-state index in [4.69, 9.17) is 10.2 Å². The number of nitrogens with zero attached hydrogens (tertiary/aromatic N) is 2. The van der Waals surface area contributed by atoms with E-state index in [2.05, 4.69) is 20.8 Å². The topological polar surface area (TPSA) is 15.7 Å². The van der Waals surface area contributed by atoms with E-state index in [1.807, 2.05) is 45.0 Å². The summed E-state index contributed by atoms with van der Waals surface area (Å²) in [5.74, 6) is -4.44. The number of thiophene rings is 1. The van der Waals surface area contributed by atoms with Crippen LogP contribution < -0.4 is 30.9 Å². The van der Waals surface area contributed by atoms with Crippen LogP contribution >= 0.6 is 11.3 Å². The molecule has 2 aliphatic heterocycles. The molecule has 8 aromatic rings. The Hall–Kier alpha value is -6.06. The zero-order valence-corrected chi connectivity index (χ0v) is 34.3. The van der Waals surface area contributed by atoms with E-state index in [0.717, 1.165) is 58.2 Å². The van der Waals surface area contributed by atoms with E-state index >= 15 is 17.6 Å². The van der Waals surface area contributed by atoms with E-state index in [9.17, 15) is 5.48 Å². The van der Waals surface area contributed by atoms with Crippen molar-refractivity contribution in [1.82, 2.24) is 0 Å². The third kappa shape index (κ3) is 6.00. The van der Waals surface area contributed by atoms with Gasteiger partial charge in [-0.15, -0.1) is 11.3 Å². The van der Waals surface area contributed by atoms with Gasteiger partial charge >= 0.3 is 0 Å². The van der Waals surface area contributed by atoms with Crippen molar-refractivity contribution in [2.45, 2.75) is 59.2 Å². The predicted octanol–water partition coefficient (Wildman–Crippen LogP) is 13.4. The molecule has 0 bridgehead atoms. The first-order valence-corrected chi connectivity index (χ1v) is 20.3. The van der Waals surface area contributed by atoms with Crippen molar-refractivity contribution < 1.29 is 33.3 Å². The summed E-state index contributed by atoms with van der Waals surface area (Å²) >= 11 is 1.08. The zero-order valence-electron chi connectivity index (χ0n) is 41.5. The van der Waals surface area contributed by atoms with Crippen molar-refractivity contribution in [2.24, 2.45) is 0 Å². The second kappa shape index (κ2) is 13.5. The number of ether oxygens (including phenoxy) is 1. The van der Waals surface area contributed by atoms with Gasteiger partial charge in [0.1, 0.15) is 46.1 Å². The van der Waals surface area contributed by atoms with Gasteiger partial charge in [0.05, 0.1) is 6.85 Å². The fourth-order valence-corrected chi connectivity index (χ4v) is 9.30. The van der Waals surface area contributed by atoms with Crippen molar-refractivity contribution in [3.63, 3.8) is 0 Å². The molecule has 0 radical (unpaired) electrons. The van der Waals surface area contributed by atoms with Crippen molar-refractivity contribution in [1.29, 1.82) is 0 Å². The maximum atomic E-state index is 16.0. The Labute approximate surface area is 362 Å². The van der Waals surface area contributed by atoms with Crippen LogP contribution in [0.2, 0.25) is 0 Å². The number of anilines is 6. The summed E-state index contributed by atoms with van der Waals surface area (Å²) in [4.78, 5) is 2.58. The van der Waals surface area contributed by atoms with E-state index in [-0.39, 0.29) is 79.3 Å². The van der Waals surface area contributed by atoms with Gasteiger partial charge in [-0.05, 0) is 130 Å². The predicted molar refractivity (Wildman–Crippen MR) is 242 cm³/mol. The molecule has 3 heterocycles. The van der Waals surface area contributed by atoms with Crippen LogP contribution in [0, 0.1) is 30.1 Å². The Kier molecular flexibility index (Phi) is 6.75. The third-order valence-electron chi connectivity index (χ3n) is 11.2. The monoisotopic (exact) mass is 824 g/mol. The summed E-state index contributed by atoms with van der Waals surface area (Å²) in [7, 11) is 0. The van der Waals surface area contributed by atoms with Crippen LogP contribution in [0.4, 0.5) is 51.7 Å². The van der Waals surface area contributed by atoms with E-state index in [0.29, 0.717) is 38.3 Å². The molecule has 9 heteroatoms. The van der Waals surface area contributed by atoms with Gasteiger partial charge in [0.15, 0.2) is 0 Å². The summed E-state index contributed by atoms with van der Waals surface area (Å²) in [6, 6.07) is 20.5.